The first kappa shape index (κ1) is 34.2. The van der Waals surface area contributed by atoms with E-state index in [1.807, 2.05) is 6.07 Å². The monoisotopic (exact) mass is 576 g/mol. The molecule has 0 bridgehead atoms. The molecule has 0 aromatic heterocycles. The summed E-state index contributed by atoms with van der Waals surface area (Å²) in [5.74, 6) is -2.01. The first-order chi connectivity index (χ1) is 18.9. The van der Waals surface area contributed by atoms with Crippen LogP contribution in [0.1, 0.15) is 79.7 Å². The maximum Gasteiger partial charge on any atom is 0.341 e. The maximum atomic E-state index is 13.2. The normalized spacial score (nSPS) is 22.5. The molecule has 0 saturated carbocycles. The van der Waals surface area contributed by atoms with Crippen LogP contribution in [0.15, 0.2) is 42.0 Å². The van der Waals surface area contributed by atoms with Gasteiger partial charge in [-0.05, 0) is 82.5 Å². The van der Waals surface area contributed by atoms with Crippen LogP contribution in [0.4, 0.5) is 0 Å². The summed E-state index contributed by atoms with van der Waals surface area (Å²) in [5, 5.41) is 0. The van der Waals surface area contributed by atoms with Crippen molar-refractivity contribution in [3.8, 4) is 0 Å². The average molecular weight is 577 g/mol. The topological polar surface area (TPSA) is 80.3 Å². The molecular formula is C32H52O7Si. The Bertz CT molecular complexity index is 964. The van der Waals surface area contributed by atoms with Gasteiger partial charge in [0.1, 0.15) is 0 Å². The van der Waals surface area contributed by atoms with Gasteiger partial charge in [-0.2, -0.15) is 0 Å². The van der Waals surface area contributed by atoms with Crippen LogP contribution in [0.3, 0.4) is 0 Å². The molecule has 4 atom stereocenters. The molecule has 0 aliphatic carbocycles. The predicted octanol–water partition coefficient (Wildman–Crippen LogP) is 7.00. The van der Waals surface area contributed by atoms with Crippen molar-refractivity contribution in [3.63, 3.8) is 0 Å². The van der Waals surface area contributed by atoms with Gasteiger partial charge in [-0.1, -0.05) is 69.7 Å². The second-order valence-electron chi connectivity index (χ2n) is 11.6. The number of carbonyl (C=O) groups excluding carboxylic acids is 2. The molecule has 2 rings (SSSR count). The molecule has 1 fully saturated rings. The molecule has 1 aliphatic rings. The van der Waals surface area contributed by atoms with Crippen molar-refractivity contribution in [2.45, 2.75) is 122 Å². The van der Waals surface area contributed by atoms with Gasteiger partial charge in [0.05, 0.1) is 14.2 Å². The van der Waals surface area contributed by atoms with E-state index in [1.165, 1.54) is 25.4 Å². The van der Waals surface area contributed by atoms with E-state index >= 15 is 0 Å². The third kappa shape index (κ3) is 9.00. The van der Waals surface area contributed by atoms with Gasteiger partial charge in [-0.25, -0.2) is 9.59 Å². The van der Waals surface area contributed by atoms with E-state index in [2.05, 4.69) is 65.0 Å². The van der Waals surface area contributed by atoms with E-state index in [0.29, 0.717) is 12.3 Å². The van der Waals surface area contributed by atoms with Crippen molar-refractivity contribution >= 4 is 20.3 Å². The smallest absolute Gasteiger partial charge is 0.341 e. The Morgan fingerprint density at radius 2 is 1.65 bits per heavy atom. The molecule has 226 valence electrons. The van der Waals surface area contributed by atoms with Gasteiger partial charge in [0, 0.05) is 6.10 Å². The summed E-state index contributed by atoms with van der Waals surface area (Å²) in [7, 11) is 0.636. The van der Waals surface area contributed by atoms with Crippen LogP contribution < -0.4 is 0 Å². The Labute approximate surface area is 243 Å². The maximum absolute atomic E-state index is 13.2. The Balaban J connectivity index is 2.26. The lowest BCUT2D eigenvalue weighted by Crippen LogP contribution is -2.53. The summed E-state index contributed by atoms with van der Waals surface area (Å²) in [6.07, 6.45) is 4.51. The van der Waals surface area contributed by atoms with Gasteiger partial charge >= 0.3 is 11.9 Å². The lowest BCUT2D eigenvalue weighted by molar-refractivity contribution is -0.189. The molecule has 1 aromatic rings. The molecule has 7 nitrogen and oxygen atoms in total. The van der Waals surface area contributed by atoms with Crippen LogP contribution in [0.5, 0.6) is 0 Å². The first-order valence-electron chi connectivity index (χ1n) is 14.8. The zero-order chi connectivity index (χ0) is 30.0. The molecule has 1 heterocycles. The Morgan fingerprint density at radius 3 is 2.20 bits per heavy atom. The zero-order valence-electron chi connectivity index (χ0n) is 26.2. The fraction of sp³-hybridized carbons (Fsp3) is 0.688. The van der Waals surface area contributed by atoms with Crippen molar-refractivity contribution in [2.75, 3.05) is 14.2 Å². The summed E-state index contributed by atoms with van der Waals surface area (Å²) in [6, 6.07) is 13.6. The van der Waals surface area contributed by atoms with Crippen molar-refractivity contribution in [3.05, 3.63) is 47.5 Å². The minimum atomic E-state index is -1.95. The number of benzene rings is 1. The van der Waals surface area contributed by atoms with Crippen LogP contribution in [0.25, 0.3) is 0 Å². The number of esters is 2. The lowest BCUT2D eigenvalue weighted by Gasteiger charge is -2.36. The number of methoxy groups -OCH3 is 2. The third-order valence-corrected chi connectivity index (χ3v) is 12.9. The molecule has 8 heteroatoms. The summed E-state index contributed by atoms with van der Waals surface area (Å²) >= 11 is 0. The van der Waals surface area contributed by atoms with Gasteiger partial charge in [-0.3, -0.25) is 0 Å². The molecule has 40 heavy (non-hydrogen) atoms. The summed E-state index contributed by atoms with van der Waals surface area (Å²) in [4.78, 5) is 25.9. The van der Waals surface area contributed by atoms with Crippen LogP contribution in [0.2, 0.25) is 18.1 Å². The molecule has 0 N–H and O–H groups in total. The number of rotatable bonds is 16. The van der Waals surface area contributed by atoms with Gasteiger partial charge in [-0.15, -0.1) is 0 Å². The minimum absolute atomic E-state index is 0.0913. The third-order valence-electron chi connectivity index (χ3n) is 8.22. The molecule has 1 aliphatic heterocycles. The second-order valence-corrected chi connectivity index (χ2v) is 16.4. The van der Waals surface area contributed by atoms with E-state index in [-0.39, 0.29) is 12.5 Å². The van der Waals surface area contributed by atoms with E-state index in [9.17, 15) is 9.59 Å². The number of allylic oxidation sites excluding steroid dienone is 2. The van der Waals surface area contributed by atoms with Crippen molar-refractivity contribution in [1.82, 2.24) is 0 Å². The summed E-state index contributed by atoms with van der Waals surface area (Å²) in [6.45, 7) is 14.5. The van der Waals surface area contributed by atoms with E-state index < -0.39 is 37.7 Å². The highest BCUT2D eigenvalue weighted by atomic mass is 28.4. The minimum Gasteiger partial charge on any atom is -0.467 e. The van der Waals surface area contributed by atoms with Crippen molar-refractivity contribution in [1.29, 1.82) is 0 Å². The largest absolute Gasteiger partial charge is 0.467 e. The van der Waals surface area contributed by atoms with Gasteiger partial charge in [0.15, 0.2) is 20.2 Å². The van der Waals surface area contributed by atoms with Crippen molar-refractivity contribution < 1.29 is 33.0 Å². The van der Waals surface area contributed by atoms with Crippen LogP contribution in [0, 0.1) is 5.92 Å². The van der Waals surface area contributed by atoms with Crippen LogP contribution in [-0.2, 0) is 39.4 Å². The zero-order valence-corrected chi connectivity index (χ0v) is 27.2. The molecule has 1 aromatic carbocycles. The number of ether oxygens (including phenoxy) is 4. The molecule has 0 radical (unpaired) electrons. The summed E-state index contributed by atoms with van der Waals surface area (Å²) in [5.41, 5.74) is 1.06. The van der Waals surface area contributed by atoms with Gasteiger partial charge in [0.25, 0.3) is 0 Å². The Morgan fingerprint density at radius 1 is 1.02 bits per heavy atom. The van der Waals surface area contributed by atoms with E-state index in [4.69, 9.17) is 23.4 Å². The quantitative estimate of drug-likeness (QED) is 0.119. The fourth-order valence-corrected chi connectivity index (χ4v) is 8.78. The predicted molar refractivity (Wildman–Crippen MR) is 160 cm³/mol. The van der Waals surface area contributed by atoms with Crippen LogP contribution >= 0.6 is 0 Å². The molecular weight excluding hydrogens is 524 g/mol. The molecule has 0 spiro atoms. The van der Waals surface area contributed by atoms with E-state index in [0.717, 1.165) is 37.4 Å². The Kier molecular flexibility index (Phi) is 13.1. The van der Waals surface area contributed by atoms with Gasteiger partial charge < -0.3 is 23.4 Å². The summed E-state index contributed by atoms with van der Waals surface area (Å²) < 4.78 is 29.2. The molecule has 1 unspecified atom stereocenters. The van der Waals surface area contributed by atoms with Crippen LogP contribution in [-0.4, -0.2) is 58.1 Å². The Hall–Kier alpha value is -2.00. The highest BCUT2D eigenvalue weighted by molar-refractivity contribution is 6.73. The number of hydrogen-bond donors (Lipinski definition) is 0. The lowest BCUT2D eigenvalue weighted by atomic mass is 9.88. The van der Waals surface area contributed by atoms with E-state index in [1.54, 1.807) is 13.8 Å². The highest BCUT2D eigenvalue weighted by Crippen LogP contribution is 2.42. The van der Waals surface area contributed by atoms with Crippen molar-refractivity contribution in [2.24, 2.45) is 5.92 Å². The standard InChI is InChI=1S/C32H52O7Si/c1-10-40(11-2,12-3)38-27(19-18-24(4)22-25(5)23-26-16-14-13-15-17-26)20-21-32(30(34)36-9)28(29(33)35-8)37-31(6,7)39-32/h13-17,22,25,27-28H,10-12,18-21,23H2,1-9H3/b24-22+/t25-,27?,28-,32+/m0/s1. The number of carbonyl (C=O) groups is 2. The SMILES string of the molecule is CC[Si](CC)(CC)OC(CC/C(C)=C/[C@H](C)Cc1ccccc1)CC[C@@]1(C(=O)OC)OC(C)(C)O[C@H]1C(=O)OC. The van der Waals surface area contributed by atoms with Gasteiger partial charge in [0.2, 0.25) is 5.60 Å². The first-order valence-corrected chi connectivity index (χ1v) is 17.4. The molecule has 0 amide bonds. The average Bonchev–Trinajstić information content (AvgIpc) is 3.23. The fourth-order valence-electron chi connectivity index (χ4n) is 5.84. The second kappa shape index (κ2) is 15.3. The molecule has 1 saturated heterocycles. The number of hydrogen-bond acceptors (Lipinski definition) is 7. The highest BCUT2D eigenvalue weighted by Gasteiger charge is 2.62.